The monoisotopic (exact) mass is 522 g/mol. The standard InChI is InChI=1S/C17H11.C6H10.C5H5.2ClH.Zr/c1-3-7-14-12(5-1)9-10-16-15-8-4-2-6-13(15)11-17(14)16;1-2-4-6-5-3-1;1-2-4-5-3-1;;;/h1-6,8-10H,11H2;1-5H2;1-3H,4H2;2*1H;/q-1;;-1;;;+2/p-2. The number of hydrogen-bond donors (Lipinski definition) is 0. The second-order valence-corrected chi connectivity index (χ2v) is 9.47. The Bertz CT molecular complexity index is 1050. The summed E-state index contributed by atoms with van der Waals surface area (Å²) >= 11 is 1.69. The third-order valence-electron chi connectivity index (χ3n) is 5.66. The molecule has 0 saturated heterocycles. The quantitative estimate of drug-likeness (QED) is 0.304. The van der Waals surface area contributed by atoms with Crippen molar-refractivity contribution in [1.29, 1.82) is 0 Å². The molecule has 0 heterocycles. The van der Waals surface area contributed by atoms with Crippen molar-refractivity contribution in [1.82, 2.24) is 0 Å². The SMILES string of the molecule is [C-]1=CC=CC1.[Cl-].[Cl-].[Zr+2]=[C]1CCCCC1.[c-]1cccc2ccc3c(c12)Cc1ccccc1-3. The first kappa shape index (κ1) is 26.0. The summed E-state index contributed by atoms with van der Waals surface area (Å²) in [4.78, 5) is 0. The second kappa shape index (κ2) is 13.3. The molecule has 1 saturated carbocycles. The predicted octanol–water partition coefficient (Wildman–Crippen LogP) is 1.19. The summed E-state index contributed by atoms with van der Waals surface area (Å²) in [5.41, 5.74) is 5.65. The summed E-state index contributed by atoms with van der Waals surface area (Å²) in [6.07, 6.45) is 18.4. The van der Waals surface area contributed by atoms with Gasteiger partial charge in [-0.05, 0) is 17.5 Å². The van der Waals surface area contributed by atoms with Crippen LogP contribution < -0.4 is 24.8 Å². The second-order valence-electron chi connectivity index (χ2n) is 7.73. The molecule has 158 valence electrons. The van der Waals surface area contributed by atoms with Gasteiger partial charge in [0.05, 0.1) is 0 Å². The summed E-state index contributed by atoms with van der Waals surface area (Å²) in [6, 6.07) is 22.7. The molecule has 1 fully saturated rings. The van der Waals surface area contributed by atoms with Crippen LogP contribution in [0.3, 0.4) is 0 Å². The van der Waals surface area contributed by atoms with Crippen molar-refractivity contribution in [2.75, 3.05) is 0 Å². The van der Waals surface area contributed by atoms with Crippen LogP contribution in [0.2, 0.25) is 0 Å². The van der Waals surface area contributed by atoms with E-state index in [0.717, 1.165) is 12.8 Å². The zero-order chi connectivity index (χ0) is 19.9. The number of halogens is 2. The molecule has 0 nitrogen and oxygen atoms in total. The molecule has 3 aliphatic rings. The normalized spacial score (nSPS) is 14.8. The Morgan fingerprint density at radius 3 is 2.26 bits per heavy atom. The van der Waals surface area contributed by atoms with Crippen molar-refractivity contribution in [3.8, 4) is 11.1 Å². The Morgan fingerprint density at radius 2 is 1.61 bits per heavy atom. The molecule has 0 aliphatic heterocycles. The molecule has 0 bridgehead atoms. The predicted molar refractivity (Wildman–Crippen MR) is 121 cm³/mol. The molecule has 0 radical (unpaired) electrons. The Labute approximate surface area is 214 Å². The van der Waals surface area contributed by atoms with Gasteiger partial charge in [0.15, 0.2) is 0 Å². The van der Waals surface area contributed by atoms with Crippen LogP contribution >= 0.6 is 0 Å². The van der Waals surface area contributed by atoms with Gasteiger partial charge < -0.3 is 24.8 Å². The molecule has 0 amide bonds. The molecule has 3 heteroatoms. The minimum Gasteiger partial charge on any atom is -0.147 e. The molecule has 0 atom stereocenters. The van der Waals surface area contributed by atoms with E-state index in [0.29, 0.717) is 0 Å². The van der Waals surface area contributed by atoms with Crippen molar-refractivity contribution in [2.45, 2.75) is 44.9 Å². The van der Waals surface area contributed by atoms with Crippen LogP contribution in [0.25, 0.3) is 21.9 Å². The van der Waals surface area contributed by atoms with Gasteiger partial charge in [-0.3, -0.25) is 6.08 Å². The van der Waals surface area contributed by atoms with Crippen LogP contribution in [0.4, 0.5) is 0 Å². The summed E-state index contributed by atoms with van der Waals surface area (Å²) in [6.45, 7) is 0. The topological polar surface area (TPSA) is 0 Å². The fraction of sp³-hybridized carbons (Fsp3) is 0.250. The van der Waals surface area contributed by atoms with E-state index in [4.69, 9.17) is 0 Å². The summed E-state index contributed by atoms with van der Waals surface area (Å²) in [7, 11) is 0. The van der Waals surface area contributed by atoms with Gasteiger partial charge in [0.1, 0.15) is 0 Å². The molecule has 0 unspecified atom stereocenters. The Hall–Kier alpha value is -1.27. The van der Waals surface area contributed by atoms with Crippen LogP contribution in [-0.2, 0) is 30.7 Å². The van der Waals surface area contributed by atoms with Gasteiger partial charge >= 0.3 is 59.5 Å². The largest absolute Gasteiger partial charge is 0.147 e. The summed E-state index contributed by atoms with van der Waals surface area (Å²) in [5, 5.41) is 2.57. The Kier molecular flexibility index (Phi) is 11.2. The average molecular weight is 525 g/mol. The minimum absolute atomic E-state index is 0. The fourth-order valence-corrected chi connectivity index (χ4v) is 5.01. The molecule has 0 N–H and O–H groups in total. The van der Waals surface area contributed by atoms with Crippen LogP contribution in [0, 0.1) is 12.1 Å². The van der Waals surface area contributed by atoms with Gasteiger partial charge in [-0.15, -0.1) is 47.0 Å². The maximum Gasteiger partial charge on any atom is -0.0246 e. The molecule has 6 rings (SSSR count). The zero-order valence-electron chi connectivity index (χ0n) is 17.6. The smallest absolute Gasteiger partial charge is 0.0246 e. The van der Waals surface area contributed by atoms with Crippen molar-refractivity contribution in [3.63, 3.8) is 0 Å². The molecular weight excluding hydrogens is 498 g/mol. The number of rotatable bonds is 0. The van der Waals surface area contributed by atoms with E-state index >= 15 is 0 Å². The van der Waals surface area contributed by atoms with E-state index in [1.54, 1.807) is 27.4 Å². The fourth-order valence-electron chi connectivity index (χ4n) is 4.14. The Morgan fingerprint density at radius 1 is 0.806 bits per heavy atom. The third kappa shape index (κ3) is 6.85. The van der Waals surface area contributed by atoms with Crippen molar-refractivity contribution < 1.29 is 49.0 Å². The first-order valence-corrected chi connectivity index (χ1v) is 11.8. The summed E-state index contributed by atoms with van der Waals surface area (Å²) in [5.74, 6) is 0. The number of benzene rings is 3. The molecular formula is C28H26Cl2Zr-2. The van der Waals surface area contributed by atoms with E-state index in [1.165, 1.54) is 65.1 Å². The number of fused-ring (bicyclic) bond motifs is 5. The van der Waals surface area contributed by atoms with Gasteiger partial charge in [-0.1, -0.05) is 42.0 Å². The molecule has 3 aliphatic carbocycles. The van der Waals surface area contributed by atoms with Crippen LogP contribution in [-0.4, -0.2) is 3.21 Å². The maximum atomic E-state index is 3.39. The van der Waals surface area contributed by atoms with E-state index < -0.39 is 0 Å². The van der Waals surface area contributed by atoms with Crippen molar-refractivity contribution in [3.05, 3.63) is 96.1 Å². The zero-order valence-corrected chi connectivity index (χ0v) is 21.6. The van der Waals surface area contributed by atoms with E-state index in [2.05, 4.69) is 66.7 Å². The Balaban J connectivity index is 0.000000204. The maximum absolute atomic E-state index is 3.39. The van der Waals surface area contributed by atoms with E-state index in [1.807, 2.05) is 18.2 Å². The third-order valence-corrected chi connectivity index (χ3v) is 6.89. The van der Waals surface area contributed by atoms with Crippen LogP contribution in [0.15, 0.2) is 72.8 Å². The van der Waals surface area contributed by atoms with Gasteiger partial charge in [-0.2, -0.15) is 6.08 Å². The average Bonchev–Trinajstić information content (AvgIpc) is 3.46. The first-order valence-electron chi connectivity index (χ1n) is 10.6. The molecule has 3 aromatic carbocycles. The summed E-state index contributed by atoms with van der Waals surface area (Å²) < 4.78 is 1.80. The van der Waals surface area contributed by atoms with Crippen molar-refractivity contribution >= 4 is 14.0 Å². The van der Waals surface area contributed by atoms with Gasteiger partial charge in [0.2, 0.25) is 0 Å². The van der Waals surface area contributed by atoms with Gasteiger partial charge in [0.25, 0.3) is 0 Å². The molecule has 0 spiro atoms. The molecule has 0 aromatic heterocycles. The van der Waals surface area contributed by atoms with Gasteiger partial charge in [0, 0.05) is 0 Å². The van der Waals surface area contributed by atoms with E-state index in [-0.39, 0.29) is 24.8 Å². The van der Waals surface area contributed by atoms with E-state index in [9.17, 15) is 0 Å². The minimum atomic E-state index is 0. The van der Waals surface area contributed by atoms with Gasteiger partial charge in [-0.25, -0.2) is 12.2 Å². The van der Waals surface area contributed by atoms with Crippen molar-refractivity contribution in [2.24, 2.45) is 0 Å². The van der Waals surface area contributed by atoms with Crippen LogP contribution in [0.1, 0.15) is 49.7 Å². The first-order chi connectivity index (χ1) is 14.3. The number of allylic oxidation sites excluding steroid dienone is 4. The van der Waals surface area contributed by atoms with Crippen LogP contribution in [0.5, 0.6) is 0 Å². The molecule has 31 heavy (non-hydrogen) atoms. The number of hydrogen-bond acceptors (Lipinski definition) is 0. The molecule has 3 aromatic rings.